The maximum Gasteiger partial charge on any atom is 0.419 e. The van der Waals surface area contributed by atoms with E-state index in [1.807, 2.05) is 0 Å². The highest BCUT2D eigenvalue weighted by Gasteiger charge is 2.36. The zero-order chi connectivity index (χ0) is 19.2. The molecule has 0 aliphatic carbocycles. The third kappa shape index (κ3) is 3.47. The quantitative estimate of drug-likeness (QED) is 0.668. The standard InChI is InChI=1S/C17H20N2O6/c1-16(2,3)25-15(22)18-12-7-6-11(19(23)24)8-10(12)9-13(18)17(4,5)14(20)21/h6-9H,1-5H3,(H,20,21). The number of carboxylic acids is 1. The normalized spacial score (nSPS) is 12.2. The SMILES string of the molecule is CC(C)(C)OC(=O)n1c(C(C)(C)C(=O)O)cc2cc([N+](=O)[O-])ccc21. The van der Waals surface area contributed by atoms with Crippen molar-refractivity contribution in [3.05, 3.63) is 40.1 Å². The van der Waals surface area contributed by atoms with E-state index in [0.29, 0.717) is 10.9 Å². The van der Waals surface area contributed by atoms with Crippen LogP contribution in [0.3, 0.4) is 0 Å². The van der Waals surface area contributed by atoms with Crippen LogP contribution in [0.25, 0.3) is 10.9 Å². The largest absolute Gasteiger partial charge is 0.481 e. The fraction of sp³-hybridized carbons (Fsp3) is 0.412. The van der Waals surface area contributed by atoms with Gasteiger partial charge >= 0.3 is 12.1 Å². The highest BCUT2D eigenvalue weighted by molar-refractivity contribution is 5.95. The van der Waals surface area contributed by atoms with Gasteiger partial charge in [0.05, 0.1) is 10.4 Å². The summed E-state index contributed by atoms with van der Waals surface area (Å²) in [6.07, 6.45) is -0.735. The van der Waals surface area contributed by atoms with E-state index < -0.39 is 28.0 Å². The van der Waals surface area contributed by atoms with Gasteiger partial charge in [-0.1, -0.05) is 0 Å². The number of carbonyl (C=O) groups is 2. The number of fused-ring (bicyclic) bond motifs is 1. The average Bonchev–Trinajstić information content (AvgIpc) is 2.84. The molecule has 0 radical (unpaired) electrons. The molecule has 0 saturated heterocycles. The predicted molar refractivity (Wildman–Crippen MR) is 90.9 cm³/mol. The van der Waals surface area contributed by atoms with Crippen LogP contribution in [0.4, 0.5) is 10.5 Å². The molecule has 1 N–H and O–H groups in total. The van der Waals surface area contributed by atoms with E-state index in [1.54, 1.807) is 20.8 Å². The molecule has 1 aromatic carbocycles. The third-order valence-corrected chi connectivity index (χ3v) is 3.75. The van der Waals surface area contributed by atoms with Crippen LogP contribution in [0.2, 0.25) is 0 Å². The highest BCUT2D eigenvalue weighted by Crippen LogP contribution is 2.32. The minimum atomic E-state index is -1.40. The first-order valence-corrected chi connectivity index (χ1v) is 7.62. The first-order valence-electron chi connectivity index (χ1n) is 7.62. The Balaban J connectivity index is 2.76. The number of hydrogen-bond donors (Lipinski definition) is 1. The lowest BCUT2D eigenvalue weighted by Crippen LogP contribution is -2.35. The molecule has 134 valence electrons. The van der Waals surface area contributed by atoms with Crippen molar-refractivity contribution in [2.75, 3.05) is 0 Å². The summed E-state index contributed by atoms with van der Waals surface area (Å²) in [7, 11) is 0. The van der Waals surface area contributed by atoms with Crippen LogP contribution in [-0.2, 0) is 14.9 Å². The number of aromatic nitrogens is 1. The number of nitrogens with zero attached hydrogens (tertiary/aromatic N) is 2. The van der Waals surface area contributed by atoms with Gasteiger partial charge in [0.15, 0.2) is 0 Å². The Morgan fingerprint density at radius 2 is 1.76 bits per heavy atom. The van der Waals surface area contributed by atoms with Crippen LogP contribution in [0.1, 0.15) is 40.3 Å². The molecule has 0 aliphatic heterocycles. The summed E-state index contributed by atoms with van der Waals surface area (Å²) in [4.78, 5) is 34.7. The van der Waals surface area contributed by atoms with Crippen LogP contribution in [-0.4, -0.2) is 32.3 Å². The zero-order valence-electron chi connectivity index (χ0n) is 14.7. The van der Waals surface area contributed by atoms with Crippen molar-refractivity contribution in [2.24, 2.45) is 0 Å². The fourth-order valence-electron chi connectivity index (χ4n) is 2.39. The van der Waals surface area contributed by atoms with Crippen molar-refractivity contribution >= 4 is 28.7 Å². The molecule has 2 aromatic rings. The number of non-ortho nitro benzene ring substituents is 1. The van der Waals surface area contributed by atoms with E-state index in [4.69, 9.17) is 4.74 Å². The van der Waals surface area contributed by atoms with E-state index in [0.717, 1.165) is 0 Å². The summed E-state index contributed by atoms with van der Waals surface area (Å²) in [6.45, 7) is 8.01. The average molecular weight is 348 g/mol. The molecule has 0 spiro atoms. The van der Waals surface area contributed by atoms with E-state index in [9.17, 15) is 24.8 Å². The summed E-state index contributed by atoms with van der Waals surface area (Å²) < 4.78 is 6.55. The second kappa shape index (κ2) is 5.87. The van der Waals surface area contributed by atoms with E-state index in [-0.39, 0.29) is 11.4 Å². The van der Waals surface area contributed by atoms with Crippen molar-refractivity contribution in [1.82, 2.24) is 4.57 Å². The highest BCUT2D eigenvalue weighted by atomic mass is 16.6. The molecule has 0 unspecified atom stereocenters. The minimum Gasteiger partial charge on any atom is -0.481 e. The number of ether oxygens (including phenoxy) is 1. The Hall–Kier alpha value is -2.90. The summed E-state index contributed by atoms with van der Waals surface area (Å²) in [5, 5.41) is 20.9. The molecule has 0 fully saturated rings. The van der Waals surface area contributed by atoms with E-state index in [2.05, 4.69) is 0 Å². The molecule has 2 rings (SSSR count). The van der Waals surface area contributed by atoms with Gasteiger partial charge in [0.25, 0.3) is 5.69 Å². The van der Waals surface area contributed by atoms with Gasteiger partial charge in [0, 0.05) is 23.2 Å². The number of nitro groups is 1. The van der Waals surface area contributed by atoms with Gasteiger partial charge in [-0.25, -0.2) is 9.36 Å². The summed E-state index contributed by atoms with van der Waals surface area (Å²) in [6, 6.07) is 5.46. The van der Waals surface area contributed by atoms with Crippen LogP contribution < -0.4 is 0 Å². The molecule has 25 heavy (non-hydrogen) atoms. The second-order valence-corrected chi connectivity index (χ2v) is 7.28. The maximum atomic E-state index is 12.7. The molecule has 1 heterocycles. The Labute approximate surface area is 144 Å². The second-order valence-electron chi connectivity index (χ2n) is 7.28. The summed E-state index contributed by atoms with van der Waals surface area (Å²) in [5.41, 5.74) is -1.79. The molecule has 0 saturated carbocycles. The Kier molecular flexibility index (Phi) is 4.33. The number of rotatable bonds is 3. The van der Waals surface area contributed by atoms with Crippen molar-refractivity contribution in [3.63, 3.8) is 0 Å². The number of aliphatic carboxylic acids is 1. The van der Waals surface area contributed by atoms with Gasteiger partial charge in [-0.2, -0.15) is 0 Å². The number of hydrogen-bond acceptors (Lipinski definition) is 5. The number of nitro benzene ring substituents is 1. The molecule has 0 bridgehead atoms. The molecule has 1 aromatic heterocycles. The molecular weight excluding hydrogens is 328 g/mol. The number of carbonyl (C=O) groups excluding carboxylic acids is 1. The monoisotopic (exact) mass is 348 g/mol. The summed E-state index contributed by atoms with van der Waals surface area (Å²) >= 11 is 0. The van der Waals surface area contributed by atoms with Crippen LogP contribution in [0.15, 0.2) is 24.3 Å². The van der Waals surface area contributed by atoms with Crippen molar-refractivity contribution in [3.8, 4) is 0 Å². The minimum absolute atomic E-state index is 0.145. The molecule has 0 atom stereocenters. The smallest absolute Gasteiger partial charge is 0.419 e. The van der Waals surface area contributed by atoms with Gasteiger partial charge in [-0.15, -0.1) is 0 Å². The van der Waals surface area contributed by atoms with Gasteiger partial charge < -0.3 is 9.84 Å². The van der Waals surface area contributed by atoms with Crippen molar-refractivity contribution in [2.45, 2.75) is 45.6 Å². The van der Waals surface area contributed by atoms with Crippen LogP contribution >= 0.6 is 0 Å². The molecule has 0 amide bonds. The number of carboxylic acid groups (broad SMARTS) is 1. The number of benzene rings is 1. The summed E-state index contributed by atoms with van der Waals surface area (Å²) in [5.74, 6) is -1.13. The van der Waals surface area contributed by atoms with E-state index in [1.165, 1.54) is 42.7 Å². The lowest BCUT2D eigenvalue weighted by Gasteiger charge is -2.24. The predicted octanol–water partition coefficient (Wildman–Crippen LogP) is 3.69. The van der Waals surface area contributed by atoms with Crippen molar-refractivity contribution in [1.29, 1.82) is 0 Å². The Bertz CT molecular complexity index is 873. The third-order valence-electron chi connectivity index (χ3n) is 3.75. The molecule has 8 nitrogen and oxygen atoms in total. The topological polar surface area (TPSA) is 112 Å². The molecule has 0 aliphatic rings. The first-order chi connectivity index (χ1) is 11.3. The van der Waals surface area contributed by atoms with Crippen molar-refractivity contribution < 1.29 is 24.4 Å². The van der Waals surface area contributed by atoms with Gasteiger partial charge in [0.2, 0.25) is 0 Å². The van der Waals surface area contributed by atoms with Crippen LogP contribution in [0.5, 0.6) is 0 Å². The van der Waals surface area contributed by atoms with E-state index >= 15 is 0 Å². The van der Waals surface area contributed by atoms with Gasteiger partial charge in [-0.3, -0.25) is 14.9 Å². The zero-order valence-corrected chi connectivity index (χ0v) is 14.7. The Morgan fingerprint density at radius 3 is 2.24 bits per heavy atom. The lowest BCUT2D eigenvalue weighted by molar-refractivity contribution is -0.384. The fourth-order valence-corrected chi connectivity index (χ4v) is 2.39. The molecule has 8 heteroatoms. The molecular formula is C17H20N2O6. The lowest BCUT2D eigenvalue weighted by atomic mass is 9.89. The Morgan fingerprint density at radius 1 is 1.16 bits per heavy atom. The van der Waals surface area contributed by atoms with Gasteiger partial charge in [0.1, 0.15) is 11.0 Å². The maximum absolute atomic E-state index is 12.7. The first kappa shape index (κ1) is 18.4. The van der Waals surface area contributed by atoms with Crippen LogP contribution in [0, 0.1) is 10.1 Å². The van der Waals surface area contributed by atoms with Gasteiger partial charge in [-0.05, 0) is 46.8 Å².